The zero-order chi connectivity index (χ0) is 8.55. The molecule has 2 rings (SSSR count). The number of hydrogen-bond acceptors (Lipinski definition) is 2. The van der Waals surface area contributed by atoms with E-state index in [9.17, 15) is 5.11 Å². The molecule has 12 heavy (non-hydrogen) atoms. The fraction of sp³-hybridized carbons (Fsp3) is 1.00. The molecule has 0 amide bonds. The largest absolute Gasteiger partial charge is 0.391 e. The average molecular weight is 170 g/mol. The summed E-state index contributed by atoms with van der Waals surface area (Å²) < 4.78 is 5.47. The lowest BCUT2D eigenvalue weighted by molar-refractivity contribution is 0.152. The van der Waals surface area contributed by atoms with Gasteiger partial charge in [-0.2, -0.15) is 0 Å². The second kappa shape index (κ2) is 3.35. The molecule has 1 saturated heterocycles. The van der Waals surface area contributed by atoms with Crippen LogP contribution >= 0.6 is 0 Å². The Morgan fingerprint density at radius 1 is 1.25 bits per heavy atom. The van der Waals surface area contributed by atoms with Crippen LogP contribution in [0.1, 0.15) is 39.0 Å². The molecular weight excluding hydrogens is 152 g/mol. The van der Waals surface area contributed by atoms with Gasteiger partial charge < -0.3 is 9.84 Å². The van der Waals surface area contributed by atoms with Crippen LogP contribution in [0.3, 0.4) is 0 Å². The van der Waals surface area contributed by atoms with Crippen LogP contribution in [0.25, 0.3) is 0 Å². The van der Waals surface area contributed by atoms with Gasteiger partial charge in [0.2, 0.25) is 0 Å². The first kappa shape index (κ1) is 8.52. The van der Waals surface area contributed by atoms with E-state index in [4.69, 9.17) is 4.74 Å². The molecule has 1 aliphatic carbocycles. The minimum atomic E-state index is -0.267. The van der Waals surface area contributed by atoms with Crippen molar-refractivity contribution in [3.8, 4) is 0 Å². The van der Waals surface area contributed by atoms with Crippen molar-refractivity contribution in [1.29, 1.82) is 0 Å². The Kier molecular flexibility index (Phi) is 2.37. The number of ether oxygens (including phenoxy) is 1. The van der Waals surface area contributed by atoms with E-state index in [-0.39, 0.29) is 12.2 Å². The van der Waals surface area contributed by atoms with Gasteiger partial charge in [0.1, 0.15) is 6.10 Å². The lowest BCUT2D eigenvalue weighted by atomic mass is 9.85. The molecule has 0 aromatic rings. The molecule has 0 bridgehead atoms. The summed E-state index contributed by atoms with van der Waals surface area (Å²) >= 11 is 0. The van der Waals surface area contributed by atoms with Crippen LogP contribution in [-0.4, -0.2) is 23.4 Å². The number of rotatable bonds is 2. The van der Waals surface area contributed by atoms with Crippen LogP contribution in [0.2, 0.25) is 0 Å². The van der Waals surface area contributed by atoms with E-state index in [1.54, 1.807) is 0 Å². The zero-order valence-electron chi connectivity index (χ0n) is 7.70. The maximum absolute atomic E-state index is 9.27. The fourth-order valence-corrected chi connectivity index (χ4v) is 2.37. The Balaban J connectivity index is 1.79. The van der Waals surface area contributed by atoms with Gasteiger partial charge in [0.15, 0.2) is 0 Å². The van der Waals surface area contributed by atoms with Gasteiger partial charge in [-0.1, -0.05) is 19.3 Å². The van der Waals surface area contributed by atoms with Crippen molar-refractivity contribution in [3.05, 3.63) is 0 Å². The minimum absolute atomic E-state index is 0.160. The van der Waals surface area contributed by atoms with Crippen LogP contribution in [0.15, 0.2) is 0 Å². The third kappa shape index (κ3) is 1.64. The topological polar surface area (TPSA) is 32.8 Å². The quantitative estimate of drug-likeness (QED) is 0.640. The molecule has 70 valence electrons. The third-order valence-electron chi connectivity index (χ3n) is 3.15. The first-order chi connectivity index (χ1) is 5.79. The Morgan fingerprint density at radius 3 is 2.42 bits per heavy atom. The standard InChI is InChI=1S/C10H18O2/c1-7(11)9-10(12-9)8-5-3-2-4-6-8/h7-11H,2-6H2,1H3/t7-,9+,10+/m0/s1. The first-order valence-electron chi connectivity index (χ1n) is 5.12. The summed E-state index contributed by atoms with van der Waals surface area (Å²) in [5.41, 5.74) is 0. The number of aliphatic hydroxyl groups is 1. The predicted molar refractivity (Wildman–Crippen MR) is 46.9 cm³/mol. The van der Waals surface area contributed by atoms with Crippen molar-refractivity contribution in [2.45, 2.75) is 57.3 Å². The summed E-state index contributed by atoms with van der Waals surface area (Å²) in [7, 11) is 0. The predicted octanol–water partition coefficient (Wildman–Crippen LogP) is 1.71. The van der Waals surface area contributed by atoms with E-state index in [0.29, 0.717) is 6.10 Å². The molecule has 0 spiro atoms. The summed E-state index contributed by atoms with van der Waals surface area (Å²) in [4.78, 5) is 0. The molecule has 1 saturated carbocycles. The molecule has 0 radical (unpaired) electrons. The van der Waals surface area contributed by atoms with Crippen molar-refractivity contribution < 1.29 is 9.84 Å². The Morgan fingerprint density at radius 2 is 1.92 bits per heavy atom. The normalized spacial score (nSPS) is 39.5. The molecule has 2 heteroatoms. The van der Waals surface area contributed by atoms with Gasteiger partial charge in [0, 0.05) is 0 Å². The van der Waals surface area contributed by atoms with Gasteiger partial charge in [0.05, 0.1) is 12.2 Å². The monoisotopic (exact) mass is 170 g/mol. The third-order valence-corrected chi connectivity index (χ3v) is 3.15. The highest BCUT2D eigenvalue weighted by Crippen LogP contribution is 2.39. The van der Waals surface area contributed by atoms with E-state index < -0.39 is 0 Å². The van der Waals surface area contributed by atoms with E-state index in [1.165, 1.54) is 32.1 Å². The summed E-state index contributed by atoms with van der Waals surface area (Å²) in [6, 6.07) is 0. The number of epoxide rings is 1. The smallest absolute Gasteiger partial charge is 0.110 e. The second-order valence-corrected chi connectivity index (χ2v) is 4.20. The molecule has 2 aliphatic rings. The Bertz CT molecular complexity index is 150. The molecule has 3 atom stereocenters. The van der Waals surface area contributed by atoms with Crippen LogP contribution < -0.4 is 0 Å². The van der Waals surface area contributed by atoms with Crippen molar-refractivity contribution >= 4 is 0 Å². The van der Waals surface area contributed by atoms with Gasteiger partial charge >= 0.3 is 0 Å². The minimum Gasteiger partial charge on any atom is -0.391 e. The molecule has 1 heterocycles. The molecule has 2 fully saturated rings. The maximum Gasteiger partial charge on any atom is 0.110 e. The number of aliphatic hydroxyl groups excluding tert-OH is 1. The summed E-state index contributed by atoms with van der Waals surface area (Å²) in [5.74, 6) is 0.748. The molecule has 1 N–H and O–H groups in total. The summed E-state index contributed by atoms with van der Waals surface area (Å²) in [6.07, 6.45) is 7.02. The first-order valence-corrected chi connectivity index (χ1v) is 5.12. The average Bonchev–Trinajstić information content (AvgIpc) is 2.84. The van der Waals surface area contributed by atoms with Gasteiger partial charge in [-0.25, -0.2) is 0 Å². The van der Waals surface area contributed by atoms with Gasteiger partial charge in [-0.15, -0.1) is 0 Å². The van der Waals surface area contributed by atoms with Crippen molar-refractivity contribution in [2.24, 2.45) is 5.92 Å². The van der Waals surface area contributed by atoms with E-state index >= 15 is 0 Å². The molecule has 1 aliphatic heterocycles. The highest BCUT2D eigenvalue weighted by atomic mass is 16.6. The highest BCUT2D eigenvalue weighted by Gasteiger charge is 2.47. The molecule has 0 aromatic carbocycles. The Hall–Kier alpha value is -0.0800. The van der Waals surface area contributed by atoms with Crippen LogP contribution in [0, 0.1) is 5.92 Å². The second-order valence-electron chi connectivity index (χ2n) is 4.20. The van der Waals surface area contributed by atoms with Gasteiger partial charge in [-0.3, -0.25) is 0 Å². The lowest BCUT2D eigenvalue weighted by Gasteiger charge is -2.19. The molecular formula is C10H18O2. The lowest BCUT2D eigenvalue weighted by Crippen LogP contribution is -2.19. The fourth-order valence-electron chi connectivity index (χ4n) is 2.37. The van der Waals surface area contributed by atoms with E-state index in [0.717, 1.165) is 5.92 Å². The van der Waals surface area contributed by atoms with Crippen molar-refractivity contribution in [1.82, 2.24) is 0 Å². The summed E-state index contributed by atoms with van der Waals surface area (Å²) in [5, 5.41) is 9.27. The van der Waals surface area contributed by atoms with Crippen LogP contribution in [0.4, 0.5) is 0 Å². The summed E-state index contributed by atoms with van der Waals surface area (Å²) in [6.45, 7) is 1.83. The Labute approximate surface area is 73.9 Å². The van der Waals surface area contributed by atoms with Crippen LogP contribution in [-0.2, 0) is 4.74 Å². The molecule has 2 nitrogen and oxygen atoms in total. The van der Waals surface area contributed by atoms with Crippen molar-refractivity contribution in [3.63, 3.8) is 0 Å². The number of hydrogen-bond donors (Lipinski definition) is 1. The SMILES string of the molecule is C[C@H](O)[C@H]1O[C@@H]1C1CCCCC1. The van der Waals surface area contributed by atoms with Gasteiger partial charge in [-0.05, 0) is 25.7 Å². The molecule has 0 unspecified atom stereocenters. The van der Waals surface area contributed by atoms with Crippen LogP contribution in [0.5, 0.6) is 0 Å². The molecule has 0 aromatic heterocycles. The van der Waals surface area contributed by atoms with Crippen molar-refractivity contribution in [2.75, 3.05) is 0 Å². The van der Waals surface area contributed by atoms with E-state index in [2.05, 4.69) is 0 Å². The maximum atomic E-state index is 9.27. The van der Waals surface area contributed by atoms with E-state index in [1.807, 2.05) is 6.92 Å². The zero-order valence-corrected chi connectivity index (χ0v) is 7.70. The van der Waals surface area contributed by atoms with Gasteiger partial charge in [0.25, 0.3) is 0 Å². The highest BCUT2D eigenvalue weighted by molar-refractivity contribution is 4.94.